The molecule has 0 aromatic carbocycles. The topological polar surface area (TPSA) is 108 Å². The largest absolute Gasteiger partial charge is 0.381 e. The lowest BCUT2D eigenvalue weighted by atomic mass is 9.92. The molecule has 118 valence electrons. The number of H-pyrrole nitrogens is 1. The molecule has 2 aromatic heterocycles. The minimum Gasteiger partial charge on any atom is -0.381 e. The number of aromatic amines is 1. The van der Waals surface area contributed by atoms with Crippen molar-refractivity contribution < 1.29 is 4.74 Å². The zero-order valence-corrected chi connectivity index (χ0v) is 12.5. The summed E-state index contributed by atoms with van der Waals surface area (Å²) in [7, 11) is 0. The first-order valence-electron chi connectivity index (χ1n) is 7.97. The lowest BCUT2D eigenvalue weighted by Crippen LogP contribution is -2.28. The zero-order chi connectivity index (χ0) is 14.9. The number of nitrogens with one attached hydrogen (secondary N) is 1. The molecule has 1 aliphatic carbocycles. The van der Waals surface area contributed by atoms with E-state index in [1.54, 1.807) is 0 Å². The van der Waals surface area contributed by atoms with Crippen molar-refractivity contribution in [3.05, 3.63) is 12.0 Å². The minimum absolute atomic E-state index is 0.316. The molecular formula is C14H21N7O. The number of nitrogens with two attached hydrogens (primary N) is 1. The van der Waals surface area contributed by atoms with Crippen molar-refractivity contribution >= 4 is 0 Å². The molecule has 3 heterocycles. The highest BCUT2D eigenvalue weighted by Gasteiger charge is 2.24. The van der Waals surface area contributed by atoms with Gasteiger partial charge in [0.25, 0.3) is 0 Å². The average Bonchev–Trinajstić information content (AvgIpc) is 3.27. The molecule has 0 radical (unpaired) electrons. The summed E-state index contributed by atoms with van der Waals surface area (Å²) in [6.07, 6.45) is 7.15. The molecule has 1 saturated carbocycles. The first-order chi connectivity index (χ1) is 10.8. The molecule has 0 bridgehead atoms. The summed E-state index contributed by atoms with van der Waals surface area (Å²) in [5.74, 6) is 1.81. The summed E-state index contributed by atoms with van der Waals surface area (Å²) in [4.78, 5) is 4.55. The Morgan fingerprint density at radius 3 is 2.86 bits per heavy atom. The molecule has 2 aromatic rings. The van der Waals surface area contributed by atoms with E-state index < -0.39 is 0 Å². The van der Waals surface area contributed by atoms with Crippen LogP contribution in [0.1, 0.15) is 49.9 Å². The highest BCUT2D eigenvalue weighted by atomic mass is 16.5. The van der Waals surface area contributed by atoms with Gasteiger partial charge >= 0.3 is 0 Å². The van der Waals surface area contributed by atoms with Crippen LogP contribution in [-0.4, -0.2) is 49.4 Å². The van der Waals surface area contributed by atoms with Crippen molar-refractivity contribution in [3.8, 4) is 11.5 Å². The number of aromatic nitrogens is 6. The predicted octanol–water partition coefficient (Wildman–Crippen LogP) is 1.01. The Bertz CT molecular complexity index is 623. The van der Waals surface area contributed by atoms with Crippen LogP contribution in [0.25, 0.3) is 11.5 Å². The van der Waals surface area contributed by atoms with Crippen LogP contribution in [0.15, 0.2) is 6.20 Å². The van der Waals surface area contributed by atoms with Gasteiger partial charge in [-0.05, 0) is 32.1 Å². The Labute approximate surface area is 128 Å². The van der Waals surface area contributed by atoms with E-state index in [0.29, 0.717) is 30.4 Å². The van der Waals surface area contributed by atoms with Gasteiger partial charge in [-0.2, -0.15) is 5.10 Å². The van der Waals surface area contributed by atoms with E-state index in [9.17, 15) is 0 Å². The molecule has 3 N–H and O–H groups in total. The van der Waals surface area contributed by atoms with Gasteiger partial charge in [-0.3, -0.25) is 5.10 Å². The average molecular weight is 303 g/mol. The second-order valence-corrected chi connectivity index (χ2v) is 6.26. The Morgan fingerprint density at radius 1 is 1.23 bits per heavy atom. The van der Waals surface area contributed by atoms with Crippen molar-refractivity contribution in [2.24, 2.45) is 5.73 Å². The molecule has 22 heavy (non-hydrogen) atoms. The highest BCUT2D eigenvalue weighted by Crippen LogP contribution is 2.28. The van der Waals surface area contributed by atoms with Crippen LogP contribution in [-0.2, 0) is 4.74 Å². The van der Waals surface area contributed by atoms with Crippen LogP contribution in [0, 0.1) is 0 Å². The lowest BCUT2D eigenvalue weighted by molar-refractivity contribution is 0.193. The fourth-order valence-corrected chi connectivity index (χ4v) is 3.25. The standard InChI is InChI=1S/C14H21N7O/c15-10-1-3-11(4-2-10)21-7-12(17-20-21)14-16-13(18-19-14)9-5-6-22-8-9/h7,9-11H,1-6,8,15H2,(H,16,18,19)/t9-,10?,11?/m0/s1. The van der Waals surface area contributed by atoms with Gasteiger partial charge in [0, 0.05) is 18.6 Å². The van der Waals surface area contributed by atoms with E-state index in [1.807, 2.05) is 10.9 Å². The molecule has 1 atom stereocenters. The van der Waals surface area contributed by atoms with Crippen molar-refractivity contribution in [1.82, 2.24) is 30.2 Å². The van der Waals surface area contributed by atoms with E-state index in [4.69, 9.17) is 10.5 Å². The van der Waals surface area contributed by atoms with Crippen molar-refractivity contribution in [2.45, 2.75) is 50.1 Å². The molecule has 8 nitrogen and oxygen atoms in total. The van der Waals surface area contributed by atoms with Crippen LogP contribution in [0.3, 0.4) is 0 Å². The lowest BCUT2D eigenvalue weighted by Gasteiger charge is -2.25. The number of hydrogen-bond acceptors (Lipinski definition) is 6. The monoisotopic (exact) mass is 303 g/mol. The van der Waals surface area contributed by atoms with E-state index in [0.717, 1.165) is 50.2 Å². The first-order valence-corrected chi connectivity index (χ1v) is 7.97. The number of ether oxygens (including phenoxy) is 1. The quantitative estimate of drug-likeness (QED) is 0.876. The van der Waals surface area contributed by atoms with Gasteiger partial charge in [0.15, 0.2) is 5.69 Å². The van der Waals surface area contributed by atoms with Gasteiger partial charge in [0.2, 0.25) is 5.82 Å². The molecule has 1 saturated heterocycles. The normalized spacial score (nSPS) is 29.0. The van der Waals surface area contributed by atoms with Crippen molar-refractivity contribution in [2.75, 3.05) is 13.2 Å². The minimum atomic E-state index is 0.316. The van der Waals surface area contributed by atoms with E-state index in [1.165, 1.54) is 0 Å². The van der Waals surface area contributed by atoms with Crippen molar-refractivity contribution in [1.29, 1.82) is 0 Å². The van der Waals surface area contributed by atoms with Gasteiger partial charge < -0.3 is 10.5 Å². The van der Waals surface area contributed by atoms with Crippen LogP contribution >= 0.6 is 0 Å². The SMILES string of the molecule is NC1CCC(n2cc(-c3n[nH]c([C@H]4CCOC4)n3)nn2)CC1. The molecule has 2 aliphatic rings. The smallest absolute Gasteiger partial charge is 0.203 e. The maximum Gasteiger partial charge on any atom is 0.203 e. The molecule has 1 aliphatic heterocycles. The summed E-state index contributed by atoms with van der Waals surface area (Å²) in [6, 6.07) is 0.728. The van der Waals surface area contributed by atoms with Gasteiger partial charge in [0.05, 0.1) is 18.8 Å². The van der Waals surface area contributed by atoms with E-state index in [2.05, 4.69) is 25.5 Å². The highest BCUT2D eigenvalue weighted by molar-refractivity contribution is 5.45. The predicted molar refractivity (Wildman–Crippen MR) is 79.1 cm³/mol. The molecule has 0 spiro atoms. The molecule has 2 fully saturated rings. The van der Waals surface area contributed by atoms with Crippen LogP contribution in [0.2, 0.25) is 0 Å². The van der Waals surface area contributed by atoms with E-state index in [-0.39, 0.29) is 0 Å². The van der Waals surface area contributed by atoms with Gasteiger partial charge in [0.1, 0.15) is 5.82 Å². The summed E-state index contributed by atoms with van der Waals surface area (Å²) < 4.78 is 7.33. The summed E-state index contributed by atoms with van der Waals surface area (Å²) in [6.45, 7) is 1.50. The van der Waals surface area contributed by atoms with Gasteiger partial charge in [-0.25, -0.2) is 9.67 Å². The Balaban J connectivity index is 1.49. The Morgan fingerprint density at radius 2 is 2.09 bits per heavy atom. The fourth-order valence-electron chi connectivity index (χ4n) is 3.25. The third-order valence-corrected chi connectivity index (χ3v) is 4.67. The molecular weight excluding hydrogens is 282 g/mol. The molecule has 4 rings (SSSR count). The van der Waals surface area contributed by atoms with Crippen LogP contribution in [0.5, 0.6) is 0 Å². The number of hydrogen-bond donors (Lipinski definition) is 2. The molecule has 0 unspecified atom stereocenters. The fraction of sp³-hybridized carbons (Fsp3) is 0.714. The third kappa shape index (κ3) is 2.64. The van der Waals surface area contributed by atoms with Crippen molar-refractivity contribution in [3.63, 3.8) is 0 Å². The Kier molecular flexibility index (Phi) is 3.63. The third-order valence-electron chi connectivity index (χ3n) is 4.67. The van der Waals surface area contributed by atoms with E-state index >= 15 is 0 Å². The van der Waals surface area contributed by atoms with Crippen LogP contribution < -0.4 is 5.73 Å². The zero-order valence-electron chi connectivity index (χ0n) is 12.5. The van der Waals surface area contributed by atoms with Crippen LogP contribution in [0.4, 0.5) is 0 Å². The van der Waals surface area contributed by atoms with Gasteiger partial charge in [-0.15, -0.1) is 5.10 Å². The maximum atomic E-state index is 5.95. The second kappa shape index (κ2) is 5.77. The molecule has 8 heteroatoms. The van der Waals surface area contributed by atoms with Gasteiger partial charge in [-0.1, -0.05) is 5.21 Å². The maximum absolute atomic E-state index is 5.95. The number of nitrogens with zero attached hydrogens (tertiary/aromatic N) is 5. The second-order valence-electron chi connectivity index (χ2n) is 6.26. The first kappa shape index (κ1) is 13.8. The summed E-state index contributed by atoms with van der Waals surface area (Å²) >= 11 is 0. The summed E-state index contributed by atoms with van der Waals surface area (Å²) in [5, 5.41) is 15.8. The summed E-state index contributed by atoms with van der Waals surface area (Å²) in [5.41, 5.74) is 6.67. The number of rotatable bonds is 3. The Hall–Kier alpha value is -1.80. The molecule has 0 amide bonds.